The summed E-state index contributed by atoms with van der Waals surface area (Å²) >= 11 is 1.13. The highest BCUT2D eigenvalue weighted by Crippen LogP contribution is 2.30. The number of carbonyl (C=O) groups is 2. The van der Waals surface area contributed by atoms with Crippen molar-refractivity contribution in [3.63, 3.8) is 0 Å². The molecule has 0 spiro atoms. The van der Waals surface area contributed by atoms with E-state index in [1.54, 1.807) is 42.5 Å². The van der Waals surface area contributed by atoms with Crippen molar-refractivity contribution in [1.82, 2.24) is 0 Å². The van der Waals surface area contributed by atoms with Crippen LogP contribution in [-0.4, -0.2) is 24.1 Å². The third-order valence-corrected chi connectivity index (χ3v) is 4.29. The lowest BCUT2D eigenvalue weighted by atomic mass is 10.2. The molecule has 0 unspecified atom stereocenters. The van der Waals surface area contributed by atoms with Crippen LogP contribution in [-0.2, 0) is 9.59 Å². The summed E-state index contributed by atoms with van der Waals surface area (Å²) < 4.78 is 13.6. The molecule has 0 atom stereocenters. The molecular weight excluding hydrogens is 303 g/mol. The average molecular weight is 316 g/mol. The van der Waals surface area contributed by atoms with Gasteiger partial charge in [-0.15, -0.1) is 11.8 Å². The van der Waals surface area contributed by atoms with E-state index in [2.05, 4.69) is 5.32 Å². The number of nitrogens with zero attached hydrogens (tertiary/aromatic N) is 1. The topological polar surface area (TPSA) is 49.4 Å². The van der Waals surface area contributed by atoms with Crippen LogP contribution in [0, 0.1) is 5.82 Å². The highest BCUT2D eigenvalue weighted by Gasteiger charge is 2.26. The predicted molar refractivity (Wildman–Crippen MR) is 84.5 cm³/mol. The van der Waals surface area contributed by atoms with E-state index in [4.69, 9.17) is 0 Å². The zero-order chi connectivity index (χ0) is 15.5. The fraction of sp³-hybridized carbons (Fsp3) is 0.125. The zero-order valence-electron chi connectivity index (χ0n) is 11.6. The van der Waals surface area contributed by atoms with Crippen LogP contribution >= 0.6 is 11.8 Å². The van der Waals surface area contributed by atoms with Crippen LogP contribution in [0.4, 0.5) is 15.8 Å². The normalized spacial score (nSPS) is 13.5. The summed E-state index contributed by atoms with van der Waals surface area (Å²) in [6.07, 6.45) is 0. The average Bonchev–Trinajstić information content (AvgIpc) is 2.53. The first-order chi connectivity index (χ1) is 10.6. The molecule has 2 aromatic rings. The Morgan fingerprint density at radius 2 is 1.91 bits per heavy atom. The van der Waals surface area contributed by atoms with Gasteiger partial charge in [-0.2, -0.15) is 0 Å². The van der Waals surface area contributed by atoms with Gasteiger partial charge < -0.3 is 10.2 Å². The van der Waals surface area contributed by atoms with Crippen LogP contribution in [0.15, 0.2) is 53.4 Å². The van der Waals surface area contributed by atoms with Crippen molar-refractivity contribution >= 4 is 35.0 Å². The quantitative estimate of drug-likeness (QED) is 0.886. The lowest BCUT2D eigenvalue weighted by Gasteiger charge is -2.29. The molecule has 0 aliphatic carbocycles. The minimum Gasteiger partial charge on any atom is -0.323 e. The molecule has 0 saturated carbocycles. The first kappa shape index (κ1) is 14.6. The van der Waals surface area contributed by atoms with Crippen molar-refractivity contribution in [1.29, 1.82) is 0 Å². The van der Waals surface area contributed by atoms with Crippen LogP contribution in [0.25, 0.3) is 0 Å². The van der Waals surface area contributed by atoms with Gasteiger partial charge in [-0.1, -0.05) is 24.3 Å². The van der Waals surface area contributed by atoms with Crippen LogP contribution in [0.2, 0.25) is 0 Å². The Hall–Kier alpha value is -2.34. The second kappa shape index (κ2) is 6.19. The Labute approximate surface area is 131 Å². The van der Waals surface area contributed by atoms with Crippen molar-refractivity contribution < 1.29 is 14.0 Å². The van der Waals surface area contributed by atoms with E-state index in [1.165, 1.54) is 11.0 Å². The van der Waals surface area contributed by atoms with Gasteiger partial charge in [0.25, 0.3) is 0 Å². The lowest BCUT2D eigenvalue weighted by molar-refractivity contribution is -0.120. The maximum absolute atomic E-state index is 13.6. The minimum absolute atomic E-state index is 0.0202. The summed E-state index contributed by atoms with van der Waals surface area (Å²) in [6, 6.07) is 13.4. The molecule has 112 valence electrons. The first-order valence-electron chi connectivity index (χ1n) is 6.72. The SMILES string of the molecule is O=C1CN(C(=O)CSc2ccccc2F)c2ccccc2N1. The molecule has 0 saturated heterocycles. The predicted octanol–water partition coefficient (Wildman–Crippen LogP) is 2.90. The fourth-order valence-electron chi connectivity index (χ4n) is 2.23. The third kappa shape index (κ3) is 2.96. The summed E-state index contributed by atoms with van der Waals surface area (Å²) in [5, 5.41) is 2.73. The largest absolute Gasteiger partial charge is 0.323 e. The number of nitrogens with one attached hydrogen (secondary N) is 1. The molecule has 0 radical (unpaired) electrons. The molecule has 1 aliphatic rings. The van der Waals surface area contributed by atoms with E-state index in [0.29, 0.717) is 16.3 Å². The molecular formula is C16H13FN2O2S. The molecule has 0 aromatic heterocycles. The van der Waals surface area contributed by atoms with Crippen molar-refractivity contribution in [2.24, 2.45) is 0 Å². The van der Waals surface area contributed by atoms with Gasteiger partial charge in [0.05, 0.1) is 17.1 Å². The smallest absolute Gasteiger partial charge is 0.244 e. The summed E-state index contributed by atoms with van der Waals surface area (Å²) in [5.41, 5.74) is 1.28. The summed E-state index contributed by atoms with van der Waals surface area (Å²) in [5.74, 6) is -0.738. The fourth-order valence-corrected chi connectivity index (χ4v) is 3.05. The lowest BCUT2D eigenvalue weighted by Crippen LogP contribution is -2.43. The number of rotatable bonds is 3. The van der Waals surface area contributed by atoms with Crippen molar-refractivity contribution in [2.75, 3.05) is 22.5 Å². The number of benzene rings is 2. The van der Waals surface area contributed by atoms with Gasteiger partial charge >= 0.3 is 0 Å². The van der Waals surface area contributed by atoms with Crippen molar-refractivity contribution in [2.45, 2.75) is 4.90 Å². The zero-order valence-corrected chi connectivity index (χ0v) is 12.4. The van der Waals surface area contributed by atoms with Gasteiger partial charge in [0, 0.05) is 4.90 Å². The third-order valence-electron chi connectivity index (χ3n) is 3.26. The van der Waals surface area contributed by atoms with Gasteiger partial charge in [0.15, 0.2) is 0 Å². The van der Waals surface area contributed by atoms with Crippen molar-refractivity contribution in [3.05, 3.63) is 54.3 Å². The molecule has 22 heavy (non-hydrogen) atoms. The summed E-state index contributed by atoms with van der Waals surface area (Å²) in [7, 11) is 0. The van der Waals surface area contributed by atoms with Crippen LogP contribution in [0.5, 0.6) is 0 Å². The molecule has 0 bridgehead atoms. The number of fused-ring (bicyclic) bond motifs is 1. The molecule has 0 fully saturated rings. The van der Waals surface area contributed by atoms with E-state index >= 15 is 0 Å². The number of hydrogen-bond acceptors (Lipinski definition) is 3. The van der Waals surface area contributed by atoms with Gasteiger partial charge in [-0.25, -0.2) is 4.39 Å². The molecule has 1 N–H and O–H groups in total. The molecule has 6 heteroatoms. The molecule has 1 heterocycles. The molecule has 2 aromatic carbocycles. The number of carbonyl (C=O) groups excluding carboxylic acids is 2. The Balaban J connectivity index is 1.75. The summed E-state index contributed by atoms with van der Waals surface area (Å²) in [4.78, 5) is 25.9. The number of amides is 2. The van der Waals surface area contributed by atoms with E-state index in [9.17, 15) is 14.0 Å². The maximum Gasteiger partial charge on any atom is 0.244 e. The number of anilines is 2. The Bertz CT molecular complexity index is 736. The second-order valence-electron chi connectivity index (χ2n) is 4.76. The van der Waals surface area contributed by atoms with Gasteiger partial charge in [-0.05, 0) is 24.3 Å². The first-order valence-corrected chi connectivity index (χ1v) is 7.70. The van der Waals surface area contributed by atoms with E-state index in [-0.39, 0.29) is 29.9 Å². The standard InChI is InChI=1S/C16H13FN2O2S/c17-11-5-1-4-8-14(11)22-10-16(21)19-9-15(20)18-12-6-2-3-7-13(12)19/h1-8H,9-10H2,(H,18,20). The van der Waals surface area contributed by atoms with E-state index < -0.39 is 0 Å². The maximum atomic E-state index is 13.6. The Morgan fingerprint density at radius 1 is 1.18 bits per heavy atom. The number of para-hydroxylation sites is 2. The molecule has 4 nitrogen and oxygen atoms in total. The van der Waals surface area contributed by atoms with Gasteiger partial charge in [-0.3, -0.25) is 9.59 Å². The Kier molecular flexibility index (Phi) is 4.11. The Morgan fingerprint density at radius 3 is 2.73 bits per heavy atom. The highest BCUT2D eigenvalue weighted by atomic mass is 32.2. The van der Waals surface area contributed by atoms with Gasteiger partial charge in [0.2, 0.25) is 11.8 Å². The van der Waals surface area contributed by atoms with Gasteiger partial charge in [0.1, 0.15) is 12.4 Å². The monoisotopic (exact) mass is 316 g/mol. The summed E-state index contributed by atoms with van der Waals surface area (Å²) in [6.45, 7) is -0.0202. The van der Waals surface area contributed by atoms with Crippen LogP contribution < -0.4 is 10.2 Å². The molecule has 3 rings (SSSR count). The van der Waals surface area contributed by atoms with E-state index in [0.717, 1.165) is 11.8 Å². The number of halogens is 1. The minimum atomic E-state index is -0.350. The number of thioether (sulfide) groups is 1. The highest BCUT2D eigenvalue weighted by molar-refractivity contribution is 8.00. The second-order valence-corrected chi connectivity index (χ2v) is 5.78. The van der Waals surface area contributed by atoms with Crippen LogP contribution in [0.1, 0.15) is 0 Å². The van der Waals surface area contributed by atoms with E-state index in [1.807, 2.05) is 0 Å². The van der Waals surface area contributed by atoms with Crippen LogP contribution in [0.3, 0.4) is 0 Å². The van der Waals surface area contributed by atoms with Crippen molar-refractivity contribution in [3.8, 4) is 0 Å². The molecule has 1 aliphatic heterocycles. The number of hydrogen-bond donors (Lipinski definition) is 1. The molecule has 2 amide bonds.